The zero-order chi connectivity index (χ0) is 15.2. The summed E-state index contributed by atoms with van der Waals surface area (Å²) < 4.78 is 5.64. The zero-order valence-corrected chi connectivity index (χ0v) is 13.6. The van der Waals surface area contributed by atoms with Crippen LogP contribution in [0.3, 0.4) is 0 Å². The second-order valence-corrected chi connectivity index (χ2v) is 5.87. The summed E-state index contributed by atoms with van der Waals surface area (Å²) in [5.74, 6) is 0.535. The summed E-state index contributed by atoms with van der Waals surface area (Å²) in [4.78, 5) is 14.6. The molecule has 1 N–H and O–H groups in total. The molecule has 0 atom stereocenters. The molecule has 0 aromatic heterocycles. The molecule has 0 amide bonds. The highest BCUT2D eigenvalue weighted by molar-refractivity contribution is 6.42. The van der Waals surface area contributed by atoms with Gasteiger partial charge in [-0.05, 0) is 12.5 Å². The van der Waals surface area contributed by atoms with Gasteiger partial charge in [-0.2, -0.15) is 0 Å². The van der Waals surface area contributed by atoms with Crippen molar-refractivity contribution in [1.82, 2.24) is 10.2 Å². The fourth-order valence-corrected chi connectivity index (χ4v) is 2.55. The minimum absolute atomic E-state index is 0.0153. The van der Waals surface area contributed by atoms with Crippen molar-refractivity contribution in [3.05, 3.63) is 27.7 Å². The van der Waals surface area contributed by atoms with E-state index in [1.165, 1.54) is 0 Å². The van der Waals surface area contributed by atoms with Gasteiger partial charge in [0.25, 0.3) is 0 Å². The lowest BCUT2D eigenvalue weighted by atomic mass is 10.1. The molecule has 21 heavy (non-hydrogen) atoms. The summed E-state index contributed by atoms with van der Waals surface area (Å²) in [6, 6.07) is 3.24. The Labute approximate surface area is 135 Å². The number of nitrogens with one attached hydrogen (secondary N) is 1. The topological polar surface area (TPSA) is 41.6 Å². The Hall–Kier alpha value is -0.810. The zero-order valence-electron chi connectivity index (χ0n) is 12.1. The van der Waals surface area contributed by atoms with Crippen LogP contribution in [0.5, 0.6) is 5.75 Å². The van der Waals surface area contributed by atoms with E-state index in [-0.39, 0.29) is 5.78 Å². The van der Waals surface area contributed by atoms with Gasteiger partial charge in [0, 0.05) is 32.2 Å². The third kappa shape index (κ3) is 4.58. The highest BCUT2D eigenvalue weighted by Crippen LogP contribution is 2.31. The van der Waals surface area contributed by atoms with Crippen molar-refractivity contribution in [1.29, 1.82) is 0 Å². The lowest BCUT2D eigenvalue weighted by Gasteiger charge is -2.26. The van der Waals surface area contributed by atoms with Crippen molar-refractivity contribution < 1.29 is 9.53 Å². The molecule has 1 aliphatic heterocycles. The van der Waals surface area contributed by atoms with Crippen molar-refractivity contribution in [2.24, 2.45) is 0 Å². The van der Waals surface area contributed by atoms with Crippen molar-refractivity contribution in [3.63, 3.8) is 0 Å². The maximum Gasteiger partial charge on any atom is 0.180 e. The molecule has 1 fully saturated rings. The third-order valence-electron chi connectivity index (χ3n) is 3.36. The van der Waals surface area contributed by atoms with E-state index in [4.69, 9.17) is 27.9 Å². The van der Waals surface area contributed by atoms with Crippen LogP contribution in [-0.4, -0.2) is 50.0 Å². The number of carbonyl (C=O) groups is 1. The normalized spacial score (nSPS) is 16.0. The third-order valence-corrected chi connectivity index (χ3v) is 4.08. The number of hydrogen-bond acceptors (Lipinski definition) is 4. The lowest BCUT2D eigenvalue weighted by Crippen LogP contribution is -2.45. The van der Waals surface area contributed by atoms with Crippen molar-refractivity contribution in [2.45, 2.75) is 13.3 Å². The minimum atomic E-state index is 0.0153. The monoisotopic (exact) mass is 330 g/mol. The Kier molecular flexibility index (Phi) is 6.30. The van der Waals surface area contributed by atoms with E-state index in [1.807, 2.05) is 6.92 Å². The molecule has 1 aromatic carbocycles. The van der Waals surface area contributed by atoms with Crippen LogP contribution in [0.1, 0.15) is 23.7 Å². The first-order valence-corrected chi connectivity index (χ1v) is 7.95. The predicted molar refractivity (Wildman–Crippen MR) is 85.9 cm³/mol. The summed E-state index contributed by atoms with van der Waals surface area (Å²) in [6.07, 6.45) is 0.867. The maximum atomic E-state index is 12.5. The number of benzene rings is 1. The summed E-state index contributed by atoms with van der Waals surface area (Å²) >= 11 is 12.1. The lowest BCUT2D eigenvalue weighted by molar-refractivity contribution is 0.0917. The summed E-state index contributed by atoms with van der Waals surface area (Å²) in [5.41, 5.74) is 0.511. The van der Waals surface area contributed by atoms with E-state index in [1.54, 1.807) is 12.1 Å². The Morgan fingerprint density at radius 3 is 2.62 bits per heavy atom. The van der Waals surface area contributed by atoms with E-state index < -0.39 is 0 Å². The molecule has 0 aliphatic carbocycles. The molecule has 6 heteroatoms. The standard InChI is InChI=1S/C15H20Cl2N2O2/c1-2-7-21-15-9-13(17)12(16)8-11(15)14(20)10-19-5-3-18-4-6-19/h8-9,18H,2-7,10H2,1H3. The molecule has 1 saturated heterocycles. The van der Waals surface area contributed by atoms with Gasteiger partial charge in [0.05, 0.1) is 28.8 Å². The number of hydrogen-bond donors (Lipinski definition) is 1. The van der Waals surface area contributed by atoms with Crippen LogP contribution < -0.4 is 10.1 Å². The van der Waals surface area contributed by atoms with E-state index in [2.05, 4.69) is 10.2 Å². The van der Waals surface area contributed by atoms with E-state index in [9.17, 15) is 4.79 Å². The Bertz CT molecular complexity index is 503. The highest BCUT2D eigenvalue weighted by atomic mass is 35.5. The van der Waals surface area contributed by atoms with Crippen LogP contribution in [0.15, 0.2) is 12.1 Å². The smallest absolute Gasteiger partial charge is 0.180 e. The number of Topliss-reactive ketones (excluding diaryl/α,β-unsaturated/α-hetero) is 1. The number of halogens is 2. The second kappa shape index (κ2) is 7.99. The van der Waals surface area contributed by atoms with Crippen LogP contribution in [0.4, 0.5) is 0 Å². The molecule has 1 aliphatic rings. The van der Waals surface area contributed by atoms with Gasteiger partial charge in [0.1, 0.15) is 5.75 Å². The van der Waals surface area contributed by atoms with Crippen molar-refractivity contribution in [2.75, 3.05) is 39.3 Å². The van der Waals surface area contributed by atoms with Crippen LogP contribution >= 0.6 is 23.2 Å². The minimum Gasteiger partial charge on any atom is -0.493 e. The number of nitrogens with zero attached hydrogens (tertiary/aromatic N) is 1. The molecule has 0 saturated carbocycles. The quantitative estimate of drug-likeness (QED) is 0.814. The van der Waals surface area contributed by atoms with Gasteiger partial charge in [-0.1, -0.05) is 30.1 Å². The van der Waals surface area contributed by atoms with Crippen LogP contribution in [0.2, 0.25) is 10.0 Å². The summed E-state index contributed by atoms with van der Waals surface area (Å²) in [5, 5.41) is 4.05. The molecule has 0 spiro atoms. The maximum absolute atomic E-state index is 12.5. The first kappa shape index (κ1) is 16.6. The average molecular weight is 331 g/mol. The molecule has 2 rings (SSSR count). The van der Waals surface area contributed by atoms with Gasteiger partial charge in [-0.3, -0.25) is 9.69 Å². The first-order valence-electron chi connectivity index (χ1n) is 7.20. The number of rotatable bonds is 6. The Balaban J connectivity index is 2.15. The van der Waals surface area contributed by atoms with E-state index in [0.29, 0.717) is 34.5 Å². The molecular formula is C15H20Cl2N2O2. The molecule has 1 heterocycles. The number of carbonyl (C=O) groups excluding carboxylic acids is 1. The van der Waals surface area contributed by atoms with E-state index >= 15 is 0 Å². The molecular weight excluding hydrogens is 311 g/mol. The van der Waals surface area contributed by atoms with Gasteiger partial charge in [0.15, 0.2) is 5.78 Å². The van der Waals surface area contributed by atoms with Gasteiger partial charge in [0.2, 0.25) is 0 Å². The van der Waals surface area contributed by atoms with Crippen molar-refractivity contribution in [3.8, 4) is 5.75 Å². The molecule has 1 aromatic rings. The number of ketones is 1. The number of ether oxygens (including phenoxy) is 1. The summed E-state index contributed by atoms with van der Waals surface area (Å²) in [7, 11) is 0. The summed E-state index contributed by atoms with van der Waals surface area (Å²) in [6.45, 7) is 6.51. The van der Waals surface area contributed by atoms with Gasteiger partial charge < -0.3 is 10.1 Å². The van der Waals surface area contributed by atoms with Crippen LogP contribution in [-0.2, 0) is 0 Å². The second-order valence-electron chi connectivity index (χ2n) is 5.06. The van der Waals surface area contributed by atoms with Crippen LogP contribution in [0, 0.1) is 0 Å². The first-order chi connectivity index (χ1) is 10.1. The number of piperazine rings is 1. The molecule has 4 nitrogen and oxygen atoms in total. The fraction of sp³-hybridized carbons (Fsp3) is 0.533. The SMILES string of the molecule is CCCOc1cc(Cl)c(Cl)cc1C(=O)CN1CCNCC1. The average Bonchev–Trinajstić information content (AvgIpc) is 2.49. The molecule has 0 bridgehead atoms. The molecule has 0 unspecified atom stereocenters. The largest absolute Gasteiger partial charge is 0.493 e. The Morgan fingerprint density at radius 1 is 1.29 bits per heavy atom. The van der Waals surface area contributed by atoms with Gasteiger partial charge in [-0.15, -0.1) is 0 Å². The predicted octanol–water partition coefficient (Wildman–Crippen LogP) is 2.87. The fourth-order valence-electron chi connectivity index (χ4n) is 2.24. The van der Waals surface area contributed by atoms with E-state index in [0.717, 1.165) is 32.6 Å². The molecule has 0 radical (unpaired) electrons. The van der Waals surface area contributed by atoms with Gasteiger partial charge >= 0.3 is 0 Å². The molecule has 116 valence electrons. The Morgan fingerprint density at radius 2 is 1.95 bits per heavy atom. The van der Waals surface area contributed by atoms with Crippen molar-refractivity contribution >= 4 is 29.0 Å². The van der Waals surface area contributed by atoms with Crippen LogP contribution in [0.25, 0.3) is 0 Å². The highest BCUT2D eigenvalue weighted by Gasteiger charge is 2.19. The van der Waals surface area contributed by atoms with Gasteiger partial charge in [-0.25, -0.2) is 0 Å².